The van der Waals surface area contributed by atoms with E-state index in [0.717, 1.165) is 16.3 Å². The second-order valence-electron chi connectivity index (χ2n) is 5.08. The maximum absolute atomic E-state index is 11.5. The zero-order chi connectivity index (χ0) is 16.2. The number of carboxylic acids is 1. The first-order valence-electron chi connectivity index (χ1n) is 7.20. The van der Waals surface area contributed by atoms with Gasteiger partial charge in [0.1, 0.15) is 23.7 Å². The van der Waals surface area contributed by atoms with Gasteiger partial charge in [0.2, 0.25) is 0 Å². The third kappa shape index (κ3) is 2.97. The Kier molecular flexibility index (Phi) is 4.15. The van der Waals surface area contributed by atoms with Crippen molar-refractivity contribution in [2.75, 3.05) is 7.11 Å². The van der Waals surface area contributed by atoms with E-state index < -0.39 is 5.97 Å². The third-order valence-electron chi connectivity index (χ3n) is 3.65. The second-order valence-corrected chi connectivity index (χ2v) is 5.08. The number of ether oxygens (including phenoxy) is 2. The number of hydrogen-bond donors (Lipinski definition) is 1. The maximum atomic E-state index is 11.5. The molecule has 0 aliphatic heterocycles. The molecule has 3 aromatic rings. The van der Waals surface area contributed by atoms with Gasteiger partial charge in [-0.2, -0.15) is 0 Å². The molecule has 1 N–H and O–H groups in total. The van der Waals surface area contributed by atoms with E-state index in [-0.39, 0.29) is 5.56 Å². The minimum Gasteiger partial charge on any atom is -0.496 e. The van der Waals surface area contributed by atoms with Gasteiger partial charge in [-0.15, -0.1) is 0 Å². The van der Waals surface area contributed by atoms with Crippen LogP contribution in [0.4, 0.5) is 0 Å². The molecule has 0 saturated heterocycles. The summed E-state index contributed by atoms with van der Waals surface area (Å²) in [6.07, 6.45) is 0. The molecule has 0 amide bonds. The predicted octanol–water partition coefficient (Wildman–Crippen LogP) is 4.13. The van der Waals surface area contributed by atoms with Crippen LogP contribution in [-0.4, -0.2) is 18.2 Å². The summed E-state index contributed by atoms with van der Waals surface area (Å²) in [5.41, 5.74) is 1.12. The Labute approximate surface area is 133 Å². The summed E-state index contributed by atoms with van der Waals surface area (Å²) in [4.78, 5) is 11.5. The molecule has 4 nitrogen and oxygen atoms in total. The lowest BCUT2D eigenvalue weighted by Gasteiger charge is -2.14. The number of hydrogen-bond acceptors (Lipinski definition) is 3. The molecule has 4 heteroatoms. The van der Waals surface area contributed by atoms with E-state index in [2.05, 4.69) is 0 Å². The Morgan fingerprint density at radius 2 is 1.74 bits per heavy atom. The van der Waals surface area contributed by atoms with Crippen LogP contribution in [0.1, 0.15) is 15.9 Å². The van der Waals surface area contributed by atoms with E-state index in [1.165, 1.54) is 0 Å². The molecule has 0 fully saturated rings. The van der Waals surface area contributed by atoms with Crippen molar-refractivity contribution in [2.45, 2.75) is 6.61 Å². The van der Waals surface area contributed by atoms with Crippen LogP contribution in [-0.2, 0) is 6.61 Å². The van der Waals surface area contributed by atoms with Crippen LogP contribution in [0, 0.1) is 0 Å². The second kappa shape index (κ2) is 6.40. The van der Waals surface area contributed by atoms with Crippen molar-refractivity contribution in [1.29, 1.82) is 0 Å². The molecule has 0 saturated carbocycles. The Morgan fingerprint density at radius 1 is 0.957 bits per heavy atom. The number of carboxylic acid groups (broad SMARTS) is 1. The fraction of sp³-hybridized carbons (Fsp3) is 0.105. The summed E-state index contributed by atoms with van der Waals surface area (Å²) in [5.74, 6) is 0.0273. The van der Waals surface area contributed by atoms with Gasteiger partial charge in [-0.05, 0) is 23.8 Å². The monoisotopic (exact) mass is 308 g/mol. The summed E-state index contributed by atoms with van der Waals surface area (Å²) >= 11 is 0. The van der Waals surface area contributed by atoms with Crippen LogP contribution >= 0.6 is 0 Å². The summed E-state index contributed by atoms with van der Waals surface area (Å²) in [6.45, 7) is 0.303. The van der Waals surface area contributed by atoms with Crippen molar-refractivity contribution in [3.05, 3.63) is 71.8 Å². The summed E-state index contributed by atoms with van der Waals surface area (Å²) in [5, 5.41) is 11.0. The molecule has 0 unspecified atom stereocenters. The first-order valence-corrected chi connectivity index (χ1v) is 7.20. The highest BCUT2D eigenvalue weighted by Gasteiger charge is 2.16. The van der Waals surface area contributed by atoms with Gasteiger partial charge in [0.25, 0.3) is 0 Å². The highest BCUT2D eigenvalue weighted by molar-refractivity contribution is 6.02. The molecule has 0 atom stereocenters. The smallest absolute Gasteiger partial charge is 0.339 e. The van der Waals surface area contributed by atoms with E-state index in [4.69, 9.17) is 9.47 Å². The zero-order valence-electron chi connectivity index (χ0n) is 12.7. The van der Waals surface area contributed by atoms with Crippen molar-refractivity contribution in [1.82, 2.24) is 0 Å². The van der Waals surface area contributed by atoms with Crippen molar-refractivity contribution >= 4 is 16.7 Å². The van der Waals surface area contributed by atoms with Crippen molar-refractivity contribution < 1.29 is 19.4 Å². The van der Waals surface area contributed by atoms with Crippen LogP contribution in [0.2, 0.25) is 0 Å². The highest BCUT2D eigenvalue weighted by atomic mass is 16.5. The molecule has 3 aromatic carbocycles. The van der Waals surface area contributed by atoms with Crippen LogP contribution in [0.3, 0.4) is 0 Å². The first kappa shape index (κ1) is 14.9. The quantitative estimate of drug-likeness (QED) is 0.770. The van der Waals surface area contributed by atoms with Gasteiger partial charge in [-0.25, -0.2) is 4.79 Å². The molecule has 0 aliphatic carbocycles. The van der Waals surface area contributed by atoms with Crippen LogP contribution < -0.4 is 9.47 Å². The normalized spacial score (nSPS) is 10.5. The molecular formula is C19H16O4. The zero-order valence-corrected chi connectivity index (χ0v) is 12.7. The van der Waals surface area contributed by atoms with Gasteiger partial charge in [0, 0.05) is 10.8 Å². The molecule has 0 spiro atoms. The van der Waals surface area contributed by atoms with E-state index in [1.807, 2.05) is 48.5 Å². The van der Waals surface area contributed by atoms with Crippen LogP contribution in [0.15, 0.2) is 60.7 Å². The molecule has 0 bridgehead atoms. The lowest BCUT2D eigenvalue weighted by Crippen LogP contribution is -2.04. The van der Waals surface area contributed by atoms with Crippen molar-refractivity contribution in [2.24, 2.45) is 0 Å². The highest BCUT2D eigenvalue weighted by Crippen LogP contribution is 2.35. The lowest BCUT2D eigenvalue weighted by atomic mass is 10.0. The molecule has 3 rings (SSSR count). The van der Waals surface area contributed by atoms with E-state index in [1.54, 1.807) is 19.2 Å². The largest absolute Gasteiger partial charge is 0.496 e. The Balaban J connectivity index is 2.08. The Bertz CT molecular complexity index is 841. The number of fused-ring (bicyclic) bond motifs is 1. The van der Waals surface area contributed by atoms with Crippen LogP contribution in [0.5, 0.6) is 11.5 Å². The molecule has 0 heterocycles. The van der Waals surface area contributed by atoms with Crippen LogP contribution in [0.25, 0.3) is 10.8 Å². The van der Waals surface area contributed by atoms with Gasteiger partial charge < -0.3 is 14.6 Å². The third-order valence-corrected chi connectivity index (χ3v) is 3.65. The minimum atomic E-state index is -1.02. The van der Waals surface area contributed by atoms with Gasteiger partial charge in [-0.1, -0.05) is 42.5 Å². The predicted molar refractivity (Wildman–Crippen MR) is 88.2 cm³/mol. The molecule has 0 aliphatic rings. The minimum absolute atomic E-state index is 0.140. The maximum Gasteiger partial charge on any atom is 0.339 e. The molecule has 0 aromatic heterocycles. The standard InChI is InChI=1S/C19H16O4/c1-22-17-9-5-8-15-14(17)10-11-16(19(20)21)18(15)23-12-13-6-3-2-4-7-13/h2-11H,12H2,1H3,(H,20,21). The molecule has 116 valence electrons. The molecular weight excluding hydrogens is 292 g/mol. The number of carbonyl (C=O) groups is 1. The van der Waals surface area contributed by atoms with Crippen molar-refractivity contribution in [3.63, 3.8) is 0 Å². The average molecular weight is 308 g/mol. The summed E-state index contributed by atoms with van der Waals surface area (Å²) in [7, 11) is 1.59. The van der Waals surface area contributed by atoms with E-state index in [0.29, 0.717) is 18.1 Å². The number of rotatable bonds is 5. The van der Waals surface area contributed by atoms with E-state index >= 15 is 0 Å². The number of methoxy groups -OCH3 is 1. The summed E-state index contributed by atoms with van der Waals surface area (Å²) in [6, 6.07) is 18.4. The summed E-state index contributed by atoms with van der Waals surface area (Å²) < 4.78 is 11.2. The number of aromatic carboxylic acids is 1. The van der Waals surface area contributed by atoms with E-state index in [9.17, 15) is 9.90 Å². The SMILES string of the molecule is COc1cccc2c(OCc3ccccc3)c(C(=O)O)ccc12. The first-order chi connectivity index (χ1) is 11.2. The molecule has 23 heavy (non-hydrogen) atoms. The van der Waals surface area contributed by atoms with Gasteiger partial charge >= 0.3 is 5.97 Å². The Morgan fingerprint density at radius 3 is 2.43 bits per heavy atom. The average Bonchev–Trinajstić information content (AvgIpc) is 2.59. The van der Waals surface area contributed by atoms with Crippen molar-refractivity contribution in [3.8, 4) is 11.5 Å². The fourth-order valence-electron chi connectivity index (χ4n) is 2.53. The van der Waals surface area contributed by atoms with Gasteiger partial charge in [0.05, 0.1) is 7.11 Å². The fourth-order valence-corrected chi connectivity index (χ4v) is 2.53. The Hall–Kier alpha value is -3.01. The topological polar surface area (TPSA) is 55.8 Å². The lowest BCUT2D eigenvalue weighted by molar-refractivity contribution is 0.0692. The van der Waals surface area contributed by atoms with Gasteiger partial charge in [-0.3, -0.25) is 0 Å². The number of benzene rings is 3. The van der Waals surface area contributed by atoms with Gasteiger partial charge in [0.15, 0.2) is 0 Å². The molecule has 0 radical (unpaired) electrons.